The van der Waals surface area contributed by atoms with Crippen LogP contribution in [0.3, 0.4) is 0 Å². The molecule has 10 heteroatoms. The average molecular weight is 369 g/mol. The first kappa shape index (κ1) is 18.1. The smallest absolute Gasteiger partial charge is 0.321 e. The Hall–Kier alpha value is -2.29. The lowest BCUT2D eigenvalue weighted by atomic mass is 10.1. The summed E-state index contributed by atoms with van der Waals surface area (Å²) in [7, 11) is 0. The van der Waals surface area contributed by atoms with Crippen LogP contribution in [0.5, 0.6) is 0 Å². The molecule has 1 aromatic heterocycles. The first-order chi connectivity index (χ1) is 11.0. The van der Waals surface area contributed by atoms with E-state index >= 15 is 0 Å². The molecule has 0 bridgehead atoms. The number of nitrogens with one attached hydrogen (secondary N) is 1. The van der Waals surface area contributed by atoms with Gasteiger partial charge in [0.25, 0.3) is 5.91 Å². The molecule has 0 aliphatic rings. The standard InChI is InChI=1S/C14H7ClF6N2O/c15-10-2-1-3-22-11(10)12(24)23-9-5-7(13(16,17)18)4-8(6-9)14(19,20)21/h1-6H,(H,23,24). The van der Waals surface area contributed by atoms with Crippen molar-refractivity contribution in [1.82, 2.24) is 4.98 Å². The van der Waals surface area contributed by atoms with E-state index in [-0.39, 0.29) is 16.8 Å². The molecular weight excluding hydrogens is 362 g/mol. The van der Waals surface area contributed by atoms with Gasteiger partial charge in [-0.05, 0) is 30.3 Å². The molecular formula is C14H7ClF6N2O. The Morgan fingerprint density at radius 3 is 2.00 bits per heavy atom. The average Bonchev–Trinajstić information content (AvgIpc) is 2.45. The number of amides is 1. The minimum atomic E-state index is -5.01. The minimum absolute atomic E-state index is 0.0383. The number of benzene rings is 1. The van der Waals surface area contributed by atoms with Crippen molar-refractivity contribution in [3.05, 3.63) is 58.4 Å². The van der Waals surface area contributed by atoms with Crippen molar-refractivity contribution < 1.29 is 31.1 Å². The number of pyridine rings is 1. The van der Waals surface area contributed by atoms with Crippen LogP contribution in [0.15, 0.2) is 36.5 Å². The maximum atomic E-state index is 12.7. The lowest BCUT2D eigenvalue weighted by Crippen LogP contribution is -2.17. The van der Waals surface area contributed by atoms with Crippen LogP contribution in [0.1, 0.15) is 21.6 Å². The largest absolute Gasteiger partial charge is 0.416 e. The van der Waals surface area contributed by atoms with Gasteiger partial charge < -0.3 is 5.32 Å². The number of carbonyl (C=O) groups is 1. The second kappa shape index (κ2) is 6.31. The van der Waals surface area contributed by atoms with Gasteiger partial charge in [0.15, 0.2) is 0 Å². The maximum Gasteiger partial charge on any atom is 0.416 e. The molecule has 2 aromatic rings. The molecule has 24 heavy (non-hydrogen) atoms. The van der Waals surface area contributed by atoms with Crippen molar-refractivity contribution in [3.63, 3.8) is 0 Å². The minimum Gasteiger partial charge on any atom is -0.321 e. The molecule has 0 saturated heterocycles. The molecule has 0 spiro atoms. The Balaban J connectivity index is 2.43. The molecule has 0 unspecified atom stereocenters. The van der Waals surface area contributed by atoms with E-state index in [1.807, 2.05) is 5.32 Å². The summed E-state index contributed by atoms with van der Waals surface area (Å²) >= 11 is 5.71. The Labute approximate surface area is 136 Å². The maximum absolute atomic E-state index is 12.7. The van der Waals surface area contributed by atoms with Gasteiger partial charge in [0.2, 0.25) is 0 Å². The number of alkyl halides is 6. The van der Waals surface area contributed by atoms with Crippen LogP contribution >= 0.6 is 11.6 Å². The third kappa shape index (κ3) is 4.16. The highest BCUT2D eigenvalue weighted by atomic mass is 35.5. The Kier molecular flexibility index (Phi) is 4.75. The van der Waals surface area contributed by atoms with Crippen LogP contribution in [0.4, 0.5) is 32.0 Å². The summed E-state index contributed by atoms with van der Waals surface area (Å²) in [5.74, 6) is -1.03. The van der Waals surface area contributed by atoms with E-state index in [1.54, 1.807) is 0 Å². The summed E-state index contributed by atoms with van der Waals surface area (Å²) in [6.45, 7) is 0. The highest BCUT2D eigenvalue weighted by Gasteiger charge is 2.37. The van der Waals surface area contributed by atoms with E-state index in [2.05, 4.69) is 4.98 Å². The van der Waals surface area contributed by atoms with Gasteiger partial charge in [0.05, 0.1) is 16.1 Å². The first-order valence-electron chi connectivity index (χ1n) is 6.20. The fraction of sp³-hybridized carbons (Fsp3) is 0.143. The predicted octanol–water partition coefficient (Wildman–Crippen LogP) is 5.02. The number of aromatic nitrogens is 1. The van der Waals surface area contributed by atoms with Gasteiger partial charge >= 0.3 is 12.4 Å². The Morgan fingerprint density at radius 1 is 1.00 bits per heavy atom. The fourth-order valence-electron chi connectivity index (χ4n) is 1.77. The van der Waals surface area contributed by atoms with E-state index in [0.717, 1.165) is 0 Å². The highest BCUT2D eigenvalue weighted by molar-refractivity contribution is 6.34. The second-order valence-corrected chi connectivity index (χ2v) is 4.99. The van der Waals surface area contributed by atoms with Crippen LogP contribution in [-0.2, 0) is 12.4 Å². The fourth-order valence-corrected chi connectivity index (χ4v) is 1.98. The van der Waals surface area contributed by atoms with Gasteiger partial charge in [0, 0.05) is 11.9 Å². The number of nitrogens with zero attached hydrogens (tertiary/aromatic N) is 1. The third-order valence-electron chi connectivity index (χ3n) is 2.82. The SMILES string of the molecule is O=C(Nc1cc(C(F)(F)F)cc(C(F)(F)F)c1)c1ncccc1Cl. The molecule has 1 amide bonds. The summed E-state index contributed by atoms with van der Waals surface area (Å²) in [4.78, 5) is 15.6. The highest BCUT2D eigenvalue weighted by Crippen LogP contribution is 2.37. The zero-order valence-electron chi connectivity index (χ0n) is 11.5. The van der Waals surface area contributed by atoms with Gasteiger partial charge in [-0.25, -0.2) is 4.98 Å². The monoisotopic (exact) mass is 368 g/mol. The number of anilines is 1. The van der Waals surface area contributed by atoms with Crippen molar-refractivity contribution in [3.8, 4) is 0 Å². The molecule has 1 N–H and O–H groups in total. The van der Waals surface area contributed by atoms with Gasteiger partial charge in [-0.15, -0.1) is 0 Å². The lowest BCUT2D eigenvalue weighted by molar-refractivity contribution is -0.143. The van der Waals surface area contributed by atoms with Gasteiger partial charge in [-0.1, -0.05) is 11.6 Å². The van der Waals surface area contributed by atoms with E-state index in [0.29, 0.717) is 12.1 Å². The number of hydrogen-bond acceptors (Lipinski definition) is 2. The van der Waals surface area contributed by atoms with Crippen LogP contribution in [0.25, 0.3) is 0 Å². The van der Waals surface area contributed by atoms with E-state index in [4.69, 9.17) is 11.6 Å². The van der Waals surface area contributed by atoms with Crippen molar-refractivity contribution in [2.24, 2.45) is 0 Å². The van der Waals surface area contributed by atoms with Crippen molar-refractivity contribution >= 4 is 23.2 Å². The quantitative estimate of drug-likeness (QED) is 0.756. The van der Waals surface area contributed by atoms with Crippen LogP contribution < -0.4 is 5.32 Å². The molecule has 0 atom stereocenters. The van der Waals surface area contributed by atoms with Crippen molar-refractivity contribution in [1.29, 1.82) is 0 Å². The molecule has 0 fully saturated rings. The zero-order valence-corrected chi connectivity index (χ0v) is 12.2. The van der Waals surface area contributed by atoms with Crippen LogP contribution in [-0.4, -0.2) is 10.9 Å². The molecule has 128 valence electrons. The molecule has 0 radical (unpaired) electrons. The number of rotatable bonds is 2. The Morgan fingerprint density at radius 2 is 1.54 bits per heavy atom. The van der Waals surface area contributed by atoms with E-state index in [9.17, 15) is 31.1 Å². The van der Waals surface area contributed by atoms with Crippen LogP contribution in [0, 0.1) is 0 Å². The summed E-state index contributed by atoms with van der Waals surface area (Å²) in [5.41, 5.74) is -4.09. The molecule has 0 aliphatic heterocycles. The molecule has 3 nitrogen and oxygen atoms in total. The van der Waals surface area contributed by atoms with E-state index in [1.165, 1.54) is 18.3 Å². The summed E-state index contributed by atoms with van der Waals surface area (Å²) < 4.78 is 76.5. The topological polar surface area (TPSA) is 42.0 Å². The molecule has 1 aromatic carbocycles. The zero-order chi connectivity index (χ0) is 18.1. The molecule has 1 heterocycles. The summed E-state index contributed by atoms with van der Waals surface area (Å²) in [6, 6.07) is 3.46. The molecule has 0 aliphatic carbocycles. The number of hydrogen-bond donors (Lipinski definition) is 1. The predicted molar refractivity (Wildman–Crippen MR) is 73.6 cm³/mol. The second-order valence-electron chi connectivity index (χ2n) is 4.58. The summed E-state index contributed by atoms with van der Waals surface area (Å²) in [6.07, 6.45) is -8.82. The third-order valence-corrected chi connectivity index (χ3v) is 3.12. The first-order valence-corrected chi connectivity index (χ1v) is 6.57. The van der Waals surface area contributed by atoms with Crippen LogP contribution in [0.2, 0.25) is 5.02 Å². The number of carbonyl (C=O) groups excluding carboxylic acids is 1. The number of halogens is 7. The molecule has 0 saturated carbocycles. The lowest BCUT2D eigenvalue weighted by Gasteiger charge is -2.14. The van der Waals surface area contributed by atoms with Gasteiger partial charge in [-0.2, -0.15) is 26.3 Å². The Bertz CT molecular complexity index is 740. The van der Waals surface area contributed by atoms with Gasteiger partial charge in [-0.3, -0.25) is 4.79 Å². The summed E-state index contributed by atoms with van der Waals surface area (Å²) in [5, 5.41) is 1.84. The van der Waals surface area contributed by atoms with Gasteiger partial charge in [0.1, 0.15) is 5.69 Å². The normalized spacial score (nSPS) is 12.1. The van der Waals surface area contributed by atoms with E-state index < -0.39 is 35.1 Å². The molecule has 2 rings (SSSR count). The van der Waals surface area contributed by atoms with Crippen molar-refractivity contribution in [2.75, 3.05) is 5.32 Å². The van der Waals surface area contributed by atoms with Crippen molar-refractivity contribution in [2.45, 2.75) is 12.4 Å².